The van der Waals surface area contributed by atoms with Gasteiger partial charge in [0.1, 0.15) is 0 Å². The van der Waals surface area contributed by atoms with Crippen LogP contribution in [0.4, 0.5) is 5.69 Å². The van der Waals surface area contributed by atoms with Crippen LogP contribution in [0.1, 0.15) is 12.0 Å². The first-order chi connectivity index (χ1) is 7.40. The smallest absolute Gasteiger partial charge is 0.0642 e. The van der Waals surface area contributed by atoms with Crippen LogP contribution in [0.25, 0.3) is 0 Å². The van der Waals surface area contributed by atoms with Gasteiger partial charge in [0.2, 0.25) is 0 Å². The van der Waals surface area contributed by atoms with Gasteiger partial charge >= 0.3 is 0 Å². The molecular formula is C13H18NO. The van der Waals surface area contributed by atoms with Crippen molar-refractivity contribution in [3.8, 4) is 0 Å². The van der Waals surface area contributed by atoms with Crippen LogP contribution in [0.5, 0.6) is 0 Å². The summed E-state index contributed by atoms with van der Waals surface area (Å²) in [6.07, 6.45) is 2.03. The van der Waals surface area contributed by atoms with Gasteiger partial charge in [-0.05, 0) is 30.5 Å². The molecule has 0 aliphatic carbocycles. The number of rotatable bonds is 3. The first-order valence-electron chi connectivity index (χ1n) is 5.61. The number of morpholine rings is 1. The summed E-state index contributed by atoms with van der Waals surface area (Å²) < 4.78 is 5.35. The van der Waals surface area contributed by atoms with E-state index in [9.17, 15) is 0 Å². The minimum absolute atomic E-state index is 0.847. The molecule has 1 heterocycles. The van der Waals surface area contributed by atoms with Crippen LogP contribution in [-0.4, -0.2) is 26.3 Å². The van der Waals surface area contributed by atoms with Gasteiger partial charge in [0.15, 0.2) is 0 Å². The first-order valence-corrected chi connectivity index (χ1v) is 5.61. The maximum absolute atomic E-state index is 5.35. The number of benzene rings is 1. The van der Waals surface area contributed by atoms with Crippen molar-refractivity contribution in [3.63, 3.8) is 0 Å². The number of ether oxygens (including phenoxy) is 1. The summed E-state index contributed by atoms with van der Waals surface area (Å²) in [4.78, 5) is 2.39. The Labute approximate surface area is 91.9 Å². The second-order valence-electron chi connectivity index (χ2n) is 3.87. The average Bonchev–Trinajstić information content (AvgIpc) is 2.31. The third-order valence-corrected chi connectivity index (χ3v) is 2.75. The van der Waals surface area contributed by atoms with E-state index in [0.717, 1.165) is 39.1 Å². The largest absolute Gasteiger partial charge is 0.378 e. The number of hydrogen-bond donors (Lipinski definition) is 0. The maximum Gasteiger partial charge on any atom is 0.0642 e. The van der Waals surface area contributed by atoms with Gasteiger partial charge in [-0.3, -0.25) is 0 Å². The van der Waals surface area contributed by atoms with E-state index < -0.39 is 0 Å². The third kappa shape index (κ3) is 2.72. The molecule has 0 atom stereocenters. The molecule has 1 aliphatic heterocycles. The monoisotopic (exact) mass is 204 g/mol. The van der Waals surface area contributed by atoms with Gasteiger partial charge in [0.05, 0.1) is 13.2 Å². The molecule has 1 aromatic carbocycles. The van der Waals surface area contributed by atoms with Crippen molar-refractivity contribution in [2.45, 2.75) is 12.8 Å². The van der Waals surface area contributed by atoms with Gasteiger partial charge in [-0.1, -0.05) is 19.1 Å². The van der Waals surface area contributed by atoms with Gasteiger partial charge in [-0.2, -0.15) is 0 Å². The van der Waals surface area contributed by atoms with E-state index in [4.69, 9.17) is 4.74 Å². The molecule has 0 N–H and O–H groups in total. The fraction of sp³-hybridized carbons (Fsp3) is 0.462. The molecular weight excluding hydrogens is 186 g/mol. The van der Waals surface area contributed by atoms with Gasteiger partial charge < -0.3 is 9.64 Å². The molecule has 2 nitrogen and oxygen atoms in total. The van der Waals surface area contributed by atoms with Crippen molar-refractivity contribution < 1.29 is 4.74 Å². The molecule has 1 saturated heterocycles. The van der Waals surface area contributed by atoms with Crippen LogP contribution in [0, 0.1) is 6.92 Å². The highest BCUT2D eigenvalue weighted by Gasteiger charge is 2.10. The molecule has 81 valence electrons. The van der Waals surface area contributed by atoms with Crippen LogP contribution < -0.4 is 4.90 Å². The number of aryl methyl sites for hydroxylation is 1. The van der Waals surface area contributed by atoms with Crippen molar-refractivity contribution in [2.75, 3.05) is 31.2 Å². The van der Waals surface area contributed by atoms with Gasteiger partial charge in [-0.15, -0.1) is 0 Å². The van der Waals surface area contributed by atoms with Gasteiger partial charge in [-0.25, -0.2) is 0 Å². The highest BCUT2D eigenvalue weighted by atomic mass is 16.5. The molecule has 1 aliphatic rings. The number of anilines is 1. The van der Waals surface area contributed by atoms with E-state index in [1.807, 2.05) is 0 Å². The predicted octanol–water partition coefficient (Wildman–Crippen LogP) is 2.29. The summed E-state index contributed by atoms with van der Waals surface area (Å²) in [6.45, 7) is 7.60. The van der Waals surface area contributed by atoms with Crippen LogP contribution in [0.15, 0.2) is 24.3 Å². The Kier molecular flexibility index (Phi) is 3.62. The molecule has 1 radical (unpaired) electrons. The third-order valence-electron chi connectivity index (χ3n) is 2.75. The normalized spacial score (nSPS) is 16.7. The van der Waals surface area contributed by atoms with Crippen molar-refractivity contribution in [1.29, 1.82) is 0 Å². The zero-order chi connectivity index (χ0) is 10.5. The Bertz CT molecular complexity index is 305. The summed E-state index contributed by atoms with van der Waals surface area (Å²) in [5.41, 5.74) is 2.71. The van der Waals surface area contributed by atoms with Crippen molar-refractivity contribution in [2.24, 2.45) is 0 Å². The topological polar surface area (TPSA) is 12.5 Å². The Morgan fingerprint density at radius 2 is 2.07 bits per heavy atom. The Morgan fingerprint density at radius 1 is 1.27 bits per heavy atom. The average molecular weight is 204 g/mol. The molecule has 15 heavy (non-hydrogen) atoms. The van der Waals surface area contributed by atoms with Gasteiger partial charge in [0, 0.05) is 18.8 Å². The first kappa shape index (κ1) is 10.5. The fourth-order valence-electron chi connectivity index (χ4n) is 1.93. The number of hydrogen-bond acceptors (Lipinski definition) is 2. The van der Waals surface area contributed by atoms with Crippen LogP contribution >= 0.6 is 0 Å². The summed E-state index contributed by atoms with van der Waals surface area (Å²) in [5.74, 6) is 0. The lowest BCUT2D eigenvalue weighted by Crippen LogP contribution is -2.36. The van der Waals surface area contributed by atoms with Crippen molar-refractivity contribution in [1.82, 2.24) is 0 Å². The molecule has 2 heteroatoms. The minimum atomic E-state index is 0.847. The van der Waals surface area contributed by atoms with Gasteiger partial charge in [0.25, 0.3) is 0 Å². The number of nitrogens with zero attached hydrogens (tertiary/aromatic N) is 1. The predicted molar refractivity (Wildman–Crippen MR) is 63.2 cm³/mol. The maximum atomic E-state index is 5.35. The summed E-state index contributed by atoms with van der Waals surface area (Å²) >= 11 is 0. The van der Waals surface area contributed by atoms with E-state index in [1.165, 1.54) is 11.3 Å². The fourth-order valence-corrected chi connectivity index (χ4v) is 1.93. The highest BCUT2D eigenvalue weighted by molar-refractivity contribution is 5.48. The second kappa shape index (κ2) is 5.17. The van der Waals surface area contributed by atoms with E-state index >= 15 is 0 Å². The quantitative estimate of drug-likeness (QED) is 0.749. The second-order valence-corrected chi connectivity index (χ2v) is 3.87. The Morgan fingerprint density at radius 3 is 2.80 bits per heavy atom. The summed E-state index contributed by atoms with van der Waals surface area (Å²) in [6, 6.07) is 8.76. The van der Waals surface area contributed by atoms with Crippen LogP contribution in [0.2, 0.25) is 0 Å². The summed E-state index contributed by atoms with van der Waals surface area (Å²) in [7, 11) is 0. The lowest BCUT2D eigenvalue weighted by atomic mass is 10.1. The Hall–Kier alpha value is -1.02. The molecule has 0 spiro atoms. The lowest BCUT2D eigenvalue weighted by molar-refractivity contribution is 0.122. The zero-order valence-corrected chi connectivity index (χ0v) is 9.11. The molecule has 2 rings (SSSR count). The molecule has 0 unspecified atom stereocenters. The van der Waals surface area contributed by atoms with E-state index in [-0.39, 0.29) is 0 Å². The minimum Gasteiger partial charge on any atom is -0.378 e. The highest BCUT2D eigenvalue weighted by Crippen LogP contribution is 2.18. The van der Waals surface area contributed by atoms with Crippen LogP contribution in [-0.2, 0) is 11.2 Å². The lowest BCUT2D eigenvalue weighted by Gasteiger charge is -2.29. The Balaban J connectivity index is 2.09. The molecule has 1 aromatic rings. The van der Waals surface area contributed by atoms with Crippen LogP contribution in [0.3, 0.4) is 0 Å². The van der Waals surface area contributed by atoms with E-state index in [2.05, 4.69) is 36.1 Å². The molecule has 0 saturated carbocycles. The van der Waals surface area contributed by atoms with E-state index in [1.54, 1.807) is 0 Å². The van der Waals surface area contributed by atoms with Crippen molar-refractivity contribution >= 4 is 5.69 Å². The molecule has 0 aromatic heterocycles. The standard InChI is InChI=1S/C13H18NO/c1-2-4-12-5-3-6-13(11-12)14-7-9-15-10-8-14/h3,5-6,11H,1-2,4,7-10H2. The molecule has 0 bridgehead atoms. The van der Waals surface area contributed by atoms with Crippen molar-refractivity contribution in [3.05, 3.63) is 36.8 Å². The van der Waals surface area contributed by atoms with E-state index in [0.29, 0.717) is 0 Å². The zero-order valence-electron chi connectivity index (χ0n) is 9.11. The SMILES string of the molecule is [CH2]CCc1cccc(N2CCOCC2)c1. The summed E-state index contributed by atoms with van der Waals surface area (Å²) in [5, 5.41) is 0. The molecule has 0 amide bonds. The molecule has 1 fully saturated rings.